The maximum absolute atomic E-state index is 13.3. The van der Waals surface area contributed by atoms with E-state index in [1.165, 1.54) is 0 Å². The van der Waals surface area contributed by atoms with Crippen LogP contribution in [0.25, 0.3) is 0 Å². The molecule has 3 aromatic carbocycles. The minimum absolute atomic E-state index is 0.231. The zero-order valence-corrected chi connectivity index (χ0v) is 21.7. The van der Waals surface area contributed by atoms with Gasteiger partial charge >= 0.3 is 0 Å². The van der Waals surface area contributed by atoms with Crippen LogP contribution in [0.3, 0.4) is 0 Å². The van der Waals surface area contributed by atoms with Crippen molar-refractivity contribution in [1.82, 2.24) is 5.32 Å². The van der Waals surface area contributed by atoms with Crippen molar-refractivity contribution in [2.24, 2.45) is 0 Å². The molecule has 4 atom stereocenters. The summed E-state index contributed by atoms with van der Waals surface area (Å²) < 4.78 is 11.9. The summed E-state index contributed by atoms with van der Waals surface area (Å²) in [6.07, 6.45) is 0. The molecule has 3 aromatic rings. The van der Waals surface area contributed by atoms with Gasteiger partial charge in [-0.15, -0.1) is 0 Å². The van der Waals surface area contributed by atoms with Crippen molar-refractivity contribution in [3.8, 4) is 11.5 Å². The van der Waals surface area contributed by atoms with Gasteiger partial charge in [0, 0.05) is 27.2 Å². The lowest BCUT2D eigenvalue weighted by atomic mass is 9.78. The van der Waals surface area contributed by atoms with Crippen molar-refractivity contribution >= 4 is 34.8 Å². The molecule has 192 valence electrons. The van der Waals surface area contributed by atoms with Gasteiger partial charge in [0.05, 0.1) is 17.5 Å². The van der Waals surface area contributed by atoms with E-state index < -0.39 is 29.4 Å². The van der Waals surface area contributed by atoms with Crippen LogP contribution in [-0.2, 0) is 16.9 Å². The Bertz CT molecular complexity index is 1370. The molecular weight excluding hydrogens is 517 g/mol. The lowest BCUT2D eigenvalue weighted by Gasteiger charge is -2.25. The molecule has 0 aromatic heterocycles. The summed E-state index contributed by atoms with van der Waals surface area (Å²) in [5.74, 6) is -0.389. The molecule has 10 heteroatoms. The summed E-state index contributed by atoms with van der Waals surface area (Å²) in [6, 6.07) is 16.0. The predicted octanol–water partition coefficient (Wildman–Crippen LogP) is 5.54. The van der Waals surface area contributed by atoms with E-state index in [0.29, 0.717) is 39.9 Å². The number of nitrogens with zero attached hydrogens (tertiary/aromatic N) is 1. The Morgan fingerprint density at radius 2 is 1.81 bits per heavy atom. The second kappa shape index (κ2) is 9.85. The molecule has 8 nitrogen and oxygen atoms in total. The fraction of sp³-hybridized carbons (Fsp3) is 0.296. The lowest BCUT2D eigenvalue weighted by Crippen LogP contribution is -2.54. The normalized spacial score (nSPS) is 24.1. The average molecular weight is 542 g/mol. The molecule has 0 unspecified atom stereocenters. The first-order valence-corrected chi connectivity index (χ1v) is 12.7. The number of nitrogens with one attached hydrogen (secondary N) is 2. The van der Waals surface area contributed by atoms with Gasteiger partial charge in [-0.2, -0.15) is 0 Å². The van der Waals surface area contributed by atoms with E-state index in [0.717, 1.165) is 5.56 Å². The summed E-state index contributed by atoms with van der Waals surface area (Å²) in [4.78, 5) is 25.5. The number of hydrogen-bond acceptors (Lipinski definition) is 6. The van der Waals surface area contributed by atoms with Gasteiger partial charge < -0.3 is 14.8 Å². The number of para-hydroxylation sites is 1. The molecule has 1 saturated heterocycles. The number of rotatable bonds is 7. The predicted molar refractivity (Wildman–Crippen MR) is 141 cm³/mol. The third-order valence-corrected chi connectivity index (χ3v) is 7.51. The maximum Gasteiger partial charge on any atom is 0.256 e. The second-order valence-corrected chi connectivity index (χ2v) is 10.0. The number of halogens is 2. The minimum atomic E-state index is -1.51. The molecule has 0 radical (unpaired) electrons. The van der Waals surface area contributed by atoms with Gasteiger partial charge in [-0.25, -0.2) is 0 Å². The molecule has 2 heterocycles. The highest BCUT2D eigenvalue weighted by Crippen LogP contribution is 2.51. The molecule has 2 N–H and O–H groups in total. The van der Waals surface area contributed by atoms with Crippen LogP contribution in [0, 0.1) is 10.1 Å². The van der Waals surface area contributed by atoms with Crippen LogP contribution in [0.4, 0.5) is 5.69 Å². The van der Waals surface area contributed by atoms with Gasteiger partial charge in [0.25, 0.3) is 11.9 Å². The number of ether oxygens (including phenoxy) is 2. The summed E-state index contributed by atoms with van der Waals surface area (Å²) in [6.45, 7) is 4.24. The number of benzene rings is 3. The van der Waals surface area contributed by atoms with Gasteiger partial charge in [0.1, 0.15) is 6.61 Å². The fourth-order valence-electron chi connectivity index (χ4n) is 5.47. The van der Waals surface area contributed by atoms with Gasteiger partial charge in [0.15, 0.2) is 17.0 Å². The van der Waals surface area contributed by atoms with Crippen molar-refractivity contribution in [1.29, 1.82) is 0 Å². The van der Waals surface area contributed by atoms with Crippen LogP contribution in [0.1, 0.15) is 36.5 Å². The third-order valence-electron chi connectivity index (χ3n) is 6.98. The quantitative estimate of drug-likeness (QED) is 0.300. The van der Waals surface area contributed by atoms with Crippen molar-refractivity contribution < 1.29 is 19.2 Å². The van der Waals surface area contributed by atoms with E-state index >= 15 is 0 Å². The van der Waals surface area contributed by atoms with E-state index in [4.69, 9.17) is 32.7 Å². The van der Waals surface area contributed by atoms with Crippen LogP contribution < -0.4 is 20.1 Å². The molecular formula is C27H25Cl2N3O5. The number of amides is 1. The van der Waals surface area contributed by atoms with E-state index in [1.54, 1.807) is 48.5 Å². The zero-order valence-electron chi connectivity index (χ0n) is 20.2. The molecule has 0 bridgehead atoms. The molecule has 1 spiro atoms. The smallest absolute Gasteiger partial charge is 0.256 e. The monoisotopic (exact) mass is 541 g/mol. The van der Waals surface area contributed by atoms with Crippen molar-refractivity contribution in [2.75, 3.05) is 11.9 Å². The minimum Gasteiger partial charge on any atom is -0.490 e. The Morgan fingerprint density at radius 3 is 2.51 bits per heavy atom. The summed E-state index contributed by atoms with van der Waals surface area (Å²) in [5.41, 5.74) is 1.10. The molecule has 2 aliphatic heterocycles. The molecule has 5 rings (SSSR count). The van der Waals surface area contributed by atoms with Crippen LogP contribution in [0.5, 0.6) is 11.5 Å². The standard InChI is InChI=1S/C27H25Cl2N3O5/c1-3-36-22-13-17(12-20(29)24(22)37-14-16-8-10-18(28)11-9-16)23-15(2)31-27(25(23)32(34)35)19-6-4-5-7-21(19)30-26(27)33/h4-13,15,23,25,31H,3,14H2,1-2H3,(H,30,33)/t15-,23-,25+,27+/m0/s1. The Balaban J connectivity index is 1.54. The van der Waals surface area contributed by atoms with Crippen molar-refractivity contribution in [2.45, 2.75) is 44.0 Å². The Kier molecular flexibility index (Phi) is 6.74. The average Bonchev–Trinajstić information content (AvgIpc) is 3.33. The third kappa shape index (κ3) is 4.29. The first-order valence-electron chi connectivity index (χ1n) is 11.9. The Morgan fingerprint density at radius 1 is 1.08 bits per heavy atom. The van der Waals surface area contributed by atoms with Crippen molar-refractivity contribution in [3.05, 3.63) is 97.5 Å². The molecule has 1 amide bonds. The second-order valence-electron chi connectivity index (χ2n) is 9.17. The first-order chi connectivity index (χ1) is 17.8. The number of fused-ring (bicyclic) bond motifs is 2. The topological polar surface area (TPSA) is 103 Å². The van der Waals surface area contributed by atoms with Crippen LogP contribution in [0.15, 0.2) is 60.7 Å². The van der Waals surface area contributed by atoms with Gasteiger partial charge in [-0.1, -0.05) is 53.5 Å². The number of carbonyl (C=O) groups is 1. The maximum atomic E-state index is 13.3. The Hall–Kier alpha value is -3.33. The van der Waals surface area contributed by atoms with Crippen LogP contribution in [0.2, 0.25) is 10.0 Å². The highest BCUT2D eigenvalue weighted by Gasteiger charge is 2.67. The number of hydrogen-bond donors (Lipinski definition) is 2. The van der Waals surface area contributed by atoms with Gasteiger partial charge in [0.2, 0.25) is 0 Å². The van der Waals surface area contributed by atoms with Crippen molar-refractivity contribution in [3.63, 3.8) is 0 Å². The largest absolute Gasteiger partial charge is 0.490 e. The zero-order chi connectivity index (χ0) is 26.3. The number of carbonyl (C=O) groups excluding carboxylic acids is 1. The summed E-state index contributed by atoms with van der Waals surface area (Å²) in [7, 11) is 0. The summed E-state index contributed by atoms with van der Waals surface area (Å²) in [5, 5.41) is 19.6. The Labute approximate surface area is 224 Å². The SMILES string of the molecule is CCOc1cc([C@@H]2[C@H](C)N[C@@]3(C(=O)Nc4ccccc43)[C@@H]2[N+](=O)[O-])cc(Cl)c1OCc1ccc(Cl)cc1. The highest BCUT2D eigenvalue weighted by atomic mass is 35.5. The first kappa shape index (κ1) is 25.3. The number of nitro groups is 1. The molecule has 37 heavy (non-hydrogen) atoms. The van der Waals surface area contributed by atoms with E-state index in [1.807, 2.05) is 26.0 Å². The van der Waals surface area contributed by atoms with E-state index in [-0.39, 0.29) is 16.6 Å². The molecule has 1 fully saturated rings. The lowest BCUT2D eigenvalue weighted by molar-refractivity contribution is -0.532. The van der Waals surface area contributed by atoms with Gasteiger partial charge in [-0.05, 0) is 55.3 Å². The van der Waals surface area contributed by atoms with E-state index in [2.05, 4.69) is 10.6 Å². The van der Waals surface area contributed by atoms with E-state index in [9.17, 15) is 14.9 Å². The number of anilines is 1. The molecule has 0 saturated carbocycles. The molecule has 2 aliphatic rings. The van der Waals surface area contributed by atoms with Crippen LogP contribution >= 0.6 is 23.2 Å². The van der Waals surface area contributed by atoms with Gasteiger partial charge in [-0.3, -0.25) is 20.2 Å². The molecule has 0 aliphatic carbocycles. The fourth-order valence-corrected chi connectivity index (χ4v) is 5.87. The highest BCUT2D eigenvalue weighted by molar-refractivity contribution is 6.32. The summed E-state index contributed by atoms with van der Waals surface area (Å²) >= 11 is 12.6. The van der Waals surface area contributed by atoms with Crippen LogP contribution in [-0.4, -0.2) is 29.5 Å².